The van der Waals surface area contributed by atoms with E-state index in [1.165, 1.54) is 5.56 Å². The Morgan fingerprint density at radius 3 is 3.07 bits per heavy atom. The van der Waals surface area contributed by atoms with Gasteiger partial charge in [-0.15, -0.1) is 0 Å². The predicted molar refractivity (Wildman–Crippen MR) is 61.7 cm³/mol. The fraction of sp³-hybridized carbons (Fsp3) is 0.636. The summed E-state index contributed by atoms with van der Waals surface area (Å²) in [5.74, 6) is 0. The highest BCUT2D eigenvalue weighted by Gasteiger charge is 2.29. The van der Waals surface area contributed by atoms with E-state index in [1.807, 2.05) is 0 Å². The van der Waals surface area contributed by atoms with Crippen molar-refractivity contribution in [3.63, 3.8) is 0 Å². The summed E-state index contributed by atoms with van der Waals surface area (Å²) in [5.41, 5.74) is 1.74. The Balaban J connectivity index is 2.02. The summed E-state index contributed by atoms with van der Waals surface area (Å²) in [4.78, 5) is 2.56. The number of rotatable bonds is 2. The van der Waals surface area contributed by atoms with E-state index in [0.717, 1.165) is 26.2 Å². The summed E-state index contributed by atoms with van der Waals surface area (Å²) in [6.45, 7) is 9.09. The van der Waals surface area contributed by atoms with Crippen LogP contribution in [0.15, 0.2) is 16.8 Å². The van der Waals surface area contributed by atoms with Crippen LogP contribution in [0, 0.1) is 0 Å². The van der Waals surface area contributed by atoms with Crippen LogP contribution in [0.25, 0.3) is 0 Å². The fourth-order valence-corrected chi connectivity index (χ4v) is 2.58. The Morgan fingerprint density at radius 1 is 1.57 bits per heavy atom. The average molecular weight is 210 g/mol. The SMILES string of the molecule is CC1(C)CNCCN1Cc1ccsc1. The summed E-state index contributed by atoms with van der Waals surface area (Å²) in [7, 11) is 0. The molecule has 0 unspecified atom stereocenters. The maximum absolute atomic E-state index is 3.45. The fourth-order valence-electron chi connectivity index (χ4n) is 1.92. The lowest BCUT2D eigenvalue weighted by molar-refractivity contribution is 0.0829. The first-order valence-electron chi connectivity index (χ1n) is 5.15. The predicted octanol–water partition coefficient (Wildman–Crippen LogP) is 1.93. The average Bonchev–Trinajstić information content (AvgIpc) is 2.61. The number of thiophene rings is 1. The molecule has 2 nitrogen and oxygen atoms in total. The van der Waals surface area contributed by atoms with Gasteiger partial charge >= 0.3 is 0 Å². The van der Waals surface area contributed by atoms with E-state index in [2.05, 4.69) is 40.9 Å². The molecule has 1 aromatic rings. The van der Waals surface area contributed by atoms with Crippen molar-refractivity contribution in [2.24, 2.45) is 0 Å². The zero-order chi connectivity index (χ0) is 10.0. The van der Waals surface area contributed by atoms with Gasteiger partial charge in [0, 0.05) is 31.7 Å². The highest BCUT2D eigenvalue weighted by Crippen LogP contribution is 2.20. The van der Waals surface area contributed by atoms with Crippen LogP contribution < -0.4 is 5.32 Å². The van der Waals surface area contributed by atoms with E-state index in [1.54, 1.807) is 11.3 Å². The monoisotopic (exact) mass is 210 g/mol. The molecule has 2 heterocycles. The molecule has 0 bridgehead atoms. The van der Waals surface area contributed by atoms with Gasteiger partial charge in [-0.1, -0.05) is 0 Å². The van der Waals surface area contributed by atoms with E-state index in [0.29, 0.717) is 5.54 Å². The van der Waals surface area contributed by atoms with Gasteiger partial charge in [-0.3, -0.25) is 4.90 Å². The molecular formula is C11H18N2S. The molecule has 1 fully saturated rings. The molecule has 0 aliphatic carbocycles. The normalized spacial score (nSPS) is 22.4. The highest BCUT2D eigenvalue weighted by molar-refractivity contribution is 7.07. The number of piperazine rings is 1. The third-order valence-corrected chi connectivity index (χ3v) is 3.66. The van der Waals surface area contributed by atoms with Crippen LogP contribution in [0.2, 0.25) is 0 Å². The quantitative estimate of drug-likeness (QED) is 0.802. The summed E-state index contributed by atoms with van der Waals surface area (Å²) in [5, 5.41) is 7.85. The molecule has 1 aliphatic rings. The molecular weight excluding hydrogens is 192 g/mol. The van der Waals surface area contributed by atoms with Gasteiger partial charge in [-0.2, -0.15) is 11.3 Å². The lowest BCUT2D eigenvalue weighted by Crippen LogP contribution is -2.57. The van der Waals surface area contributed by atoms with E-state index < -0.39 is 0 Å². The molecule has 0 amide bonds. The second-order valence-electron chi connectivity index (χ2n) is 4.54. The van der Waals surface area contributed by atoms with Gasteiger partial charge in [0.15, 0.2) is 0 Å². The van der Waals surface area contributed by atoms with Crippen LogP contribution in [-0.4, -0.2) is 30.1 Å². The summed E-state index contributed by atoms with van der Waals surface area (Å²) >= 11 is 1.79. The van der Waals surface area contributed by atoms with Gasteiger partial charge in [0.2, 0.25) is 0 Å². The minimum atomic E-state index is 0.292. The Hall–Kier alpha value is -0.380. The first-order chi connectivity index (χ1) is 6.68. The lowest BCUT2D eigenvalue weighted by atomic mass is 10.00. The Labute approximate surface area is 89.9 Å². The minimum Gasteiger partial charge on any atom is -0.314 e. The molecule has 0 radical (unpaired) electrons. The first-order valence-corrected chi connectivity index (χ1v) is 6.10. The van der Waals surface area contributed by atoms with Gasteiger partial charge < -0.3 is 5.32 Å². The zero-order valence-electron chi connectivity index (χ0n) is 8.92. The summed E-state index contributed by atoms with van der Waals surface area (Å²) in [6.07, 6.45) is 0. The maximum Gasteiger partial charge on any atom is 0.0281 e. The van der Waals surface area contributed by atoms with E-state index in [-0.39, 0.29) is 0 Å². The Bertz CT molecular complexity index is 279. The van der Waals surface area contributed by atoms with Crippen molar-refractivity contribution in [3.05, 3.63) is 22.4 Å². The molecule has 78 valence electrons. The van der Waals surface area contributed by atoms with Crippen molar-refractivity contribution in [2.75, 3.05) is 19.6 Å². The van der Waals surface area contributed by atoms with Gasteiger partial charge in [0.25, 0.3) is 0 Å². The number of hydrogen-bond acceptors (Lipinski definition) is 3. The van der Waals surface area contributed by atoms with Crippen molar-refractivity contribution < 1.29 is 0 Å². The second-order valence-corrected chi connectivity index (χ2v) is 5.32. The molecule has 2 rings (SSSR count). The Kier molecular flexibility index (Phi) is 2.91. The number of nitrogens with zero attached hydrogens (tertiary/aromatic N) is 1. The van der Waals surface area contributed by atoms with E-state index in [9.17, 15) is 0 Å². The molecule has 1 aliphatic heterocycles. The van der Waals surface area contributed by atoms with Crippen molar-refractivity contribution in [1.29, 1.82) is 0 Å². The number of hydrogen-bond donors (Lipinski definition) is 1. The summed E-state index contributed by atoms with van der Waals surface area (Å²) < 4.78 is 0. The van der Waals surface area contributed by atoms with Gasteiger partial charge in [0.05, 0.1) is 0 Å². The largest absolute Gasteiger partial charge is 0.314 e. The van der Waals surface area contributed by atoms with Crippen LogP contribution in [-0.2, 0) is 6.54 Å². The van der Waals surface area contributed by atoms with Crippen LogP contribution in [0.4, 0.5) is 0 Å². The smallest absolute Gasteiger partial charge is 0.0281 e. The zero-order valence-corrected chi connectivity index (χ0v) is 9.73. The third kappa shape index (κ3) is 2.16. The second kappa shape index (κ2) is 4.01. The highest BCUT2D eigenvalue weighted by atomic mass is 32.1. The minimum absolute atomic E-state index is 0.292. The molecule has 0 spiro atoms. The van der Waals surface area contributed by atoms with E-state index >= 15 is 0 Å². The standard InChI is InChI=1S/C11H18N2S/c1-11(2)9-12-4-5-13(11)7-10-3-6-14-8-10/h3,6,8,12H,4-5,7,9H2,1-2H3. The van der Waals surface area contributed by atoms with Crippen molar-refractivity contribution >= 4 is 11.3 Å². The third-order valence-electron chi connectivity index (χ3n) is 2.93. The molecule has 0 aromatic carbocycles. The van der Waals surface area contributed by atoms with Crippen molar-refractivity contribution in [1.82, 2.24) is 10.2 Å². The maximum atomic E-state index is 3.45. The van der Waals surface area contributed by atoms with Gasteiger partial charge in [-0.05, 0) is 36.2 Å². The van der Waals surface area contributed by atoms with Crippen molar-refractivity contribution in [3.8, 4) is 0 Å². The number of nitrogens with one attached hydrogen (secondary N) is 1. The molecule has 1 aromatic heterocycles. The molecule has 1 N–H and O–H groups in total. The van der Waals surface area contributed by atoms with Crippen LogP contribution in [0.3, 0.4) is 0 Å². The lowest BCUT2D eigenvalue weighted by Gasteiger charge is -2.42. The van der Waals surface area contributed by atoms with Gasteiger partial charge in [0.1, 0.15) is 0 Å². The molecule has 14 heavy (non-hydrogen) atoms. The molecule has 0 saturated carbocycles. The first kappa shape index (κ1) is 10.1. The van der Waals surface area contributed by atoms with Crippen LogP contribution in [0.1, 0.15) is 19.4 Å². The van der Waals surface area contributed by atoms with Crippen LogP contribution in [0.5, 0.6) is 0 Å². The Morgan fingerprint density at radius 2 is 2.43 bits per heavy atom. The molecule has 0 atom stereocenters. The van der Waals surface area contributed by atoms with Gasteiger partial charge in [-0.25, -0.2) is 0 Å². The molecule has 3 heteroatoms. The molecule has 1 saturated heterocycles. The summed E-state index contributed by atoms with van der Waals surface area (Å²) in [6, 6.07) is 2.22. The van der Waals surface area contributed by atoms with Crippen molar-refractivity contribution in [2.45, 2.75) is 25.9 Å². The topological polar surface area (TPSA) is 15.3 Å². The van der Waals surface area contributed by atoms with Crippen LogP contribution >= 0.6 is 11.3 Å². The van der Waals surface area contributed by atoms with E-state index in [4.69, 9.17) is 0 Å².